The Morgan fingerprint density at radius 3 is 2.67 bits per heavy atom. The van der Waals surface area contributed by atoms with Gasteiger partial charge in [0.25, 0.3) is 0 Å². The van der Waals surface area contributed by atoms with Crippen LogP contribution in [0.25, 0.3) is 0 Å². The molecule has 0 radical (unpaired) electrons. The normalized spacial score (nSPS) is 17.9. The van der Waals surface area contributed by atoms with E-state index < -0.39 is 0 Å². The first-order valence-electron chi connectivity index (χ1n) is 7.39. The van der Waals surface area contributed by atoms with E-state index in [9.17, 15) is 0 Å². The lowest BCUT2D eigenvalue weighted by Gasteiger charge is -2.31. The van der Waals surface area contributed by atoms with E-state index in [1.165, 1.54) is 56.0 Å². The van der Waals surface area contributed by atoms with Crippen molar-refractivity contribution in [1.29, 1.82) is 0 Å². The molecule has 1 aliphatic rings. The Hall–Kier alpha value is 0.0100. The number of hydrogen-bond acceptors (Lipinski definition) is 3. The number of likely N-dealkylation sites (tertiary alicyclic amines) is 1. The molecule has 0 spiro atoms. The van der Waals surface area contributed by atoms with E-state index in [-0.39, 0.29) is 0 Å². The second-order valence-corrected chi connectivity index (χ2v) is 6.75. The zero-order valence-corrected chi connectivity index (χ0v) is 13.2. The molecule has 1 saturated heterocycles. The van der Waals surface area contributed by atoms with Crippen molar-refractivity contribution in [3.8, 4) is 0 Å². The van der Waals surface area contributed by atoms with Gasteiger partial charge >= 0.3 is 0 Å². The van der Waals surface area contributed by atoms with E-state index in [1.807, 2.05) is 11.8 Å². The van der Waals surface area contributed by atoms with E-state index in [2.05, 4.69) is 37.1 Å². The standard InChI is InChI=1S/C15H30N2S/c1-4-18-13-5-9-16-15-7-11-17(12-8-15)10-6-14(2)3/h6,15-16H,4-5,7-13H2,1-3H3. The lowest BCUT2D eigenvalue weighted by atomic mass is 10.0. The van der Waals surface area contributed by atoms with Crippen LogP contribution >= 0.6 is 11.8 Å². The lowest BCUT2D eigenvalue weighted by molar-refractivity contribution is 0.215. The van der Waals surface area contributed by atoms with E-state index >= 15 is 0 Å². The van der Waals surface area contributed by atoms with Gasteiger partial charge in [-0.2, -0.15) is 11.8 Å². The highest BCUT2D eigenvalue weighted by Gasteiger charge is 2.17. The molecule has 0 aromatic carbocycles. The van der Waals surface area contributed by atoms with Gasteiger partial charge in [0.2, 0.25) is 0 Å². The fraction of sp³-hybridized carbons (Fsp3) is 0.867. The molecular formula is C15H30N2S. The summed E-state index contributed by atoms with van der Waals surface area (Å²) in [5, 5.41) is 3.71. The number of allylic oxidation sites excluding steroid dienone is 1. The third-order valence-electron chi connectivity index (χ3n) is 3.45. The largest absolute Gasteiger partial charge is 0.314 e. The summed E-state index contributed by atoms with van der Waals surface area (Å²) in [5.41, 5.74) is 1.43. The van der Waals surface area contributed by atoms with Crippen molar-refractivity contribution in [2.75, 3.05) is 37.7 Å². The minimum Gasteiger partial charge on any atom is -0.314 e. The van der Waals surface area contributed by atoms with Crippen molar-refractivity contribution >= 4 is 11.8 Å². The van der Waals surface area contributed by atoms with E-state index in [4.69, 9.17) is 0 Å². The van der Waals surface area contributed by atoms with Gasteiger partial charge in [-0.3, -0.25) is 4.90 Å². The highest BCUT2D eigenvalue weighted by atomic mass is 32.2. The van der Waals surface area contributed by atoms with Crippen molar-refractivity contribution in [3.05, 3.63) is 11.6 Å². The summed E-state index contributed by atoms with van der Waals surface area (Å²) in [7, 11) is 0. The Bertz CT molecular complexity index is 229. The molecule has 106 valence electrons. The molecule has 18 heavy (non-hydrogen) atoms. The quantitative estimate of drug-likeness (QED) is 0.539. The Labute approximate surface area is 118 Å². The minimum atomic E-state index is 0.763. The predicted molar refractivity (Wildman–Crippen MR) is 84.5 cm³/mol. The molecule has 0 aliphatic carbocycles. The number of thioether (sulfide) groups is 1. The van der Waals surface area contributed by atoms with Gasteiger partial charge in [0.15, 0.2) is 0 Å². The molecule has 0 saturated carbocycles. The number of hydrogen-bond donors (Lipinski definition) is 1. The molecule has 3 heteroatoms. The first kappa shape index (κ1) is 16.1. The lowest BCUT2D eigenvalue weighted by Crippen LogP contribution is -2.42. The van der Waals surface area contributed by atoms with Crippen LogP contribution in [0.1, 0.15) is 40.0 Å². The van der Waals surface area contributed by atoms with Crippen molar-refractivity contribution in [2.45, 2.75) is 46.1 Å². The van der Waals surface area contributed by atoms with Crippen molar-refractivity contribution in [3.63, 3.8) is 0 Å². The number of piperidine rings is 1. The van der Waals surface area contributed by atoms with Crippen molar-refractivity contribution in [2.24, 2.45) is 0 Å². The van der Waals surface area contributed by atoms with Gasteiger partial charge in [0.1, 0.15) is 0 Å². The van der Waals surface area contributed by atoms with Gasteiger partial charge in [-0.05, 0) is 64.2 Å². The van der Waals surface area contributed by atoms with Crippen LogP contribution in [0, 0.1) is 0 Å². The van der Waals surface area contributed by atoms with Crippen molar-refractivity contribution < 1.29 is 0 Å². The van der Waals surface area contributed by atoms with Crippen LogP contribution in [-0.4, -0.2) is 48.6 Å². The third kappa shape index (κ3) is 7.45. The Kier molecular flexibility index (Phi) is 8.82. The summed E-state index contributed by atoms with van der Waals surface area (Å²) >= 11 is 2.05. The molecule has 0 unspecified atom stereocenters. The van der Waals surface area contributed by atoms with E-state index in [0.29, 0.717) is 0 Å². The zero-order chi connectivity index (χ0) is 13.2. The maximum atomic E-state index is 3.71. The molecule has 1 aliphatic heterocycles. The molecule has 0 amide bonds. The molecule has 0 aromatic heterocycles. The number of nitrogens with one attached hydrogen (secondary N) is 1. The number of rotatable bonds is 8. The third-order valence-corrected chi connectivity index (χ3v) is 4.43. The van der Waals surface area contributed by atoms with Gasteiger partial charge in [-0.1, -0.05) is 18.6 Å². The first-order chi connectivity index (χ1) is 8.72. The van der Waals surface area contributed by atoms with Crippen LogP contribution in [0.2, 0.25) is 0 Å². The van der Waals surface area contributed by atoms with Crippen LogP contribution in [0.5, 0.6) is 0 Å². The molecule has 2 nitrogen and oxygen atoms in total. The fourth-order valence-corrected chi connectivity index (χ4v) is 2.89. The van der Waals surface area contributed by atoms with Gasteiger partial charge in [0.05, 0.1) is 0 Å². The topological polar surface area (TPSA) is 15.3 Å². The molecule has 0 aromatic rings. The Balaban J connectivity index is 2.03. The van der Waals surface area contributed by atoms with E-state index in [0.717, 1.165) is 12.6 Å². The second kappa shape index (κ2) is 9.88. The average Bonchev–Trinajstić information content (AvgIpc) is 2.37. The number of nitrogens with zero attached hydrogens (tertiary/aromatic N) is 1. The molecule has 1 fully saturated rings. The molecule has 0 bridgehead atoms. The van der Waals surface area contributed by atoms with E-state index in [1.54, 1.807) is 0 Å². The summed E-state index contributed by atoms with van der Waals surface area (Å²) < 4.78 is 0. The maximum absolute atomic E-state index is 3.71. The predicted octanol–water partition coefficient (Wildman–Crippen LogP) is 3.15. The van der Waals surface area contributed by atoms with Gasteiger partial charge in [-0.25, -0.2) is 0 Å². The summed E-state index contributed by atoms with van der Waals surface area (Å²) in [4.78, 5) is 2.57. The second-order valence-electron chi connectivity index (χ2n) is 5.36. The SMILES string of the molecule is CCSCCCNC1CCN(CC=C(C)C)CC1. The van der Waals surface area contributed by atoms with Gasteiger partial charge in [-0.15, -0.1) is 0 Å². The highest BCUT2D eigenvalue weighted by Crippen LogP contribution is 2.10. The first-order valence-corrected chi connectivity index (χ1v) is 8.54. The molecule has 1 rings (SSSR count). The zero-order valence-electron chi connectivity index (χ0n) is 12.4. The summed E-state index contributed by atoms with van der Waals surface area (Å²) in [6.45, 7) is 11.5. The maximum Gasteiger partial charge on any atom is 0.0165 e. The van der Waals surface area contributed by atoms with Crippen LogP contribution in [0.3, 0.4) is 0 Å². The molecular weight excluding hydrogens is 240 g/mol. The molecule has 1 N–H and O–H groups in total. The van der Waals surface area contributed by atoms with Crippen LogP contribution in [0.15, 0.2) is 11.6 Å². The summed E-state index contributed by atoms with van der Waals surface area (Å²) in [6, 6.07) is 0.763. The molecule has 0 atom stereocenters. The highest BCUT2D eigenvalue weighted by molar-refractivity contribution is 7.99. The average molecular weight is 270 g/mol. The van der Waals surface area contributed by atoms with Gasteiger partial charge in [0, 0.05) is 12.6 Å². The smallest absolute Gasteiger partial charge is 0.0165 e. The van der Waals surface area contributed by atoms with Gasteiger partial charge < -0.3 is 5.32 Å². The van der Waals surface area contributed by atoms with Crippen molar-refractivity contribution in [1.82, 2.24) is 10.2 Å². The summed E-state index contributed by atoms with van der Waals surface area (Å²) in [5.74, 6) is 2.56. The Morgan fingerprint density at radius 1 is 1.33 bits per heavy atom. The summed E-state index contributed by atoms with van der Waals surface area (Å²) in [6.07, 6.45) is 6.29. The van der Waals surface area contributed by atoms with Crippen LogP contribution in [0.4, 0.5) is 0 Å². The Morgan fingerprint density at radius 2 is 2.06 bits per heavy atom. The monoisotopic (exact) mass is 270 g/mol. The molecule has 1 heterocycles. The fourth-order valence-electron chi connectivity index (χ4n) is 2.26. The minimum absolute atomic E-state index is 0.763. The van der Waals surface area contributed by atoms with Crippen LogP contribution in [-0.2, 0) is 0 Å². The van der Waals surface area contributed by atoms with Crippen LogP contribution < -0.4 is 5.32 Å².